The van der Waals surface area contributed by atoms with Crippen LogP contribution in [0, 0.1) is 11.3 Å². The van der Waals surface area contributed by atoms with Gasteiger partial charge in [0.05, 0.1) is 5.69 Å². The van der Waals surface area contributed by atoms with Crippen LogP contribution in [-0.4, -0.2) is 10.8 Å². The number of hydrogen-bond donors (Lipinski definition) is 3. The van der Waals surface area contributed by atoms with E-state index in [4.69, 9.17) is 16.3 Å². The van der Waals surface area contributed by atoms with Crippen molar-refractivity contribution in [3.8, 4) is 33.6 Å². The number of pyridine rings is 1. The van der Waals surface area contributed by atoms with E-state index in [-0.39, 0.29) is 11.7 Å². The van der Waals surface area contributed by atoms with E-state index in [1.54, 1.807) is 0 Å². The van der Waals surface area contributed by atoms with Crippen molar-refractivity contribution in [2.24, 2.45) is 16.7 Å². The van der Waals surface area contributed by atoms with Crippen LogP contribution in [0.15, 0.2) is 89.3 Å². The average molecular weight is 441 g/mol. The Bertz CT molecular complexity index is 1250. The molecule has 2 aromatic heterocycles. The number of hydrogen-bond acceptors (Lipinski definition) is 7. The maximum absolute atomic E-state index is 10.0. The van der Waals surface area contributed by atoms with E-state index in [9.17, 15) is 5.26 Å². The van der Waals surface area contributed by atoms with Crippen LogP contribution in [0.25, 0.3) is 21.7 Å². The minimum Gasteiger partial charge on any atom is -0.460 e. The van der Waals surface area contributed by atoms with Crippen molar-refractivity contribution in [3.05, 3.63) is 95.4 Å². The first kappa shape index (κ1) is 21.1. The summed E-state index contributed by atoms with van der Waals surface area (Å²) in [5, 5.41) is 15.9. The molecule has 8 heteroatoms. The van der Waals surface area contributed by atoms with E-state index >= 15 is 0 Å². The van der Waals surface area contributed by atoms with Crippen molar-refractivity contribution >= 4 is 17.2 Å². The number of nitrogens with zero attached hydrogens (tertiary/aromatic N) is 3. The molecule has 0 amide bonds. The molecular weight excluding hydrogens is 420 g/mol. The Kier molecular flexibility index (Phi) is 6.41. The van der Waals surface area contributed by atoms with E-state index < -0.39 is 6.10 Å². The number of rotatable bonds is 7. The van der Waals surface area contributed by atoms with Gasteiger partial charge in [0.25, 0.3) is 0 Å². The summed E-state index contributed by atoms with van der Waals surface area (Å²) in [5.41, 5.74) is 11.8. The standard InChI is InChI=1S/C24H20N6OS/c25-15-19-18(21-12-7-13-32-21)14-20(16-8-3-1-4-9-16)28-24(19)31-22(23(26)29-30-27)17-10-5-2-6-11-17/h1-14,22,30H,27H2,(H2,26,29). The Hall–Kier alpha value is -4.19. The monoisotopic (exact) mass is 440 g/mol. The van der Waals surface area contributed by atoms with Gasteiger partial charge in [-0.15, -0.1) is 16.4 Å². The zero-order valence-corrected chi connectivity index (χ0v) is 17.8. The molecule has 0 saturated carbocycles. The zero-order valence-electron chi connectivity index (χ0n) is 17.0. The summed E-state index contributed by atoms with van der Waals surface area (Å²) in [4.78, 5) is 5.63. The molecule has 5 N–H and O–H groups in total. The van der Waals surface area contributed by atoms with Crippen LogP contribution in [0.3, 0.4) is 0 Å². The van der Waals surface area contributed by atoms with Gasteiger partial charge in [0.2, 0.25) is 5.88 Å². The average Bonchev–Trinajstić information content (AvgIpc) is 3.38. The fourth-order valence-corrected chi connectivity index (χ4v) is 4.02. The third-order valence-electron chi connectivity index (χ3n) is 4.75. The molecule has 32 heavy (non-hydrogen) atoms. The molecule has 1 unspecified atom stereocenters. The smallest absolute Gasteiger partial charge is 0.234 e. The van der Waals surface area contributed by atoms with Crippen LogP contribution in [0.1, 0.15) is 17.2 Å². The van der Waals surface area contributed by atoms with Crippen LogP contribution >= 0.6 is 11.3 Å². The first-order valence-corrected chi connectivity index (χ1v) is 10.6. The van der Waals surface area contributed by atoms with Crippen LogP contribution in [0.4, 0.5) is 0 Å². The lowest BCUT2D eigenvalue weighted by molar-refractivity contribution is 0.259. The van der Waals surface area contributed by atoms with Crippen molar-refractivity contribution < 1.29 is 4.74 Å². The summed E-state index contributed by atoms with van der Waals surface area (Å²) in [5.74, 6) is 5.62. The maximum atomic E-state index is 10.0. The van der Waals surface area contributed by atoms with E-state index in [1.807, 2.05) is 84.2 Å². The van der Waals surface area contributed by atoms with Gasteiger partial charge in [-0.05, 0) is 17.5 Å². The molecule has 2 aromatic carbocycles. The Balaban J connectivity index is 1.89. The molecule has 0 fully saturated rings. The second kappa shape index (κ2) is 9.75. The zero-order chi connectivity index (χ0) is 22.3. The molecule has 2 heterocycles. The quantitative estimate of drug-likeness (QED) is 0.171. The van der Waals surface area contributed by atoms with Crippen LogP contribution in [0.5, 0.6) is 5.88 Å². The molecular formula is C24H20N6OS. The summed E-state index contributed by atoms with van der Waals surface area (Å²) >= 11 is 1.54. The van der Waals surface area contributed by atoms with Crippen molar-refractivity contribution in [3.63, 3.8) is 0 Å². The predicted octanol–water partition coefficient (Wildman–Crippen LogP) is 4.20. The van der Waals surface area contributed by atoms with Gasteiger partial charge in [-0.3, -0.25) is 0 Å². The van der Waals surface area contributed by atoms with Gasteiger partial charge in [-0.25, -0.2) is 16.4 Å². The largest absolute Gasteiger partial charge is 0.460 e. The first-order chi connectivity index (χ1) is 15.7. The Morgan fingerprint density at radius 1 is 1.06 bits per heavy atom. The molecule has 0 aliphatic rings. The summed E-state index contributed by atoms with van der Waals surface area (Å²) in [6.07, 6.45) is -0.797. The minimum atomic E-state index is -0.797. The van der Waals surface area contributed by atoms with Crippen LogP contribution in [0.2, 0.25) is 0 Å². The van der Waals surface area contributed by atoms with Gasteiger partial charge in [-0.1, -0.05) is 66.7 Å². The Morgan fingerprint density at radius 3 is 2.41 bits per heavy atom. The Morgan fingerprint density at radius 2 is 1.78 bits per heavy atom. The van der Waals surface area contributed by atoms with E-state index in [0.717, 1.165) is 21.6 Å². The van der Waals surface area contributed by atoms with E-state index in [1.165, 1.54) is 11.3 Å². The molecule has 0 aliphatic carbocycles. The number of nitrogens with one attached hydrogen (secondary N) is 1. The van der Waals surface area contributed by atoms with Crippen molar-refractivity contribution in [2.45, 2.75) is 6.10 Å². The van der Waals surface area contributed by atoms with Gasteiger partial charge in [0.15, 0.2) is 11.9 Å². The number of ether oxygens (including phenoxy) is 1. The molecule has 0 bridgehead atoms. The normalized spacial score (nSPS) is 12.1. The summed E-state index contributed by atoms with van der Waals surface area (Å²) < 4.78 is 6.26. The molecule has 0 aliphatic heterocycles. The molecule has 7 nitrogen and oxygen atoms in total. The number of aromatic nitrogens is 1. The fraction of sp³-hybridized carbons (Fsp3) is 0.0417. The van der Waals surface area contributed by atoms with Crippen molar-refractivity contribution in [1.82, 2.24) is 10.5 Å². The highest BCUT2D eigenvalue weighted by Gasteiger charge is 2.24. The minimum absolute atomic E-state index is 0.104. The second-order valence-electron chi connectivity index (χ2n) is 6.76. The number of benzene rings is 2. The number of nitrogens with two attached hydrogens (primary N) is 2. The number of nitriles is 1. The molecule has 1 atom stereocenters. The lowest BCUT2D eigenvalue weighted by Gasteiger charge is -2.20. The molecule has 4 aromatic rings. The number of hydrazine groups is 1. The third-order valence-corrected chi connectivity index (χ3v) is 5.65. The molecule has 0 radical (unpaired) electrons. The summed E-state index contributed by atoms with van der Waals surface area (Å²) in [6.45, 7) is 0. The molecule has 158 valence electrons. The van der Waals surface area contributed by atoms with Crippen LogP contribution in [-0.2, 0) is 0 Å². The maximum Gasteiger partial charge on any atom is 0.234 e. The van der Waals surface area contributed by atoms with Gasteiger partial charge in [0.1, 0.15) is 11.6 Å². The second-order valence-corrected chi connectivity index (χ2v) is 7.71. The first-order valence-electron chi connectivity index (χ1n) is 9.76. The van der Waals surface area contributed by atoms with E-state index in [0.29, 0.717) is 11.3 Å². The lowest BCUT2D eigenvalue weighted by Crippen LogP contribution is -2.31. The van der Waals surface area contributed by atoms with Gasteiger partial charge in [0, 0.05) is 21.6 Å². The number of amidine groups is 1. The highest BCUT2D eigenvalue weighted by Crippen LogP contribution is 2.37. The molecule has 0 spiro atoms. The fourth-order valence-electron chi connectivity index (χ4n) is 3.27. The third kappa shape index (κ3) is 4.44. The number of thiophene rings is 1. The molecule has 0 saturated heterocycles. The summed E-state index contributed by atoms with van der Waals surface area (Å²) in [6, 6.07) is 27.1. The lowest BCUT2D eigenvalue weighted by atomic mass is 10.0. The predicted molar refractivity (Wildman–Crippen MR) is 126 cm³/mol. The van der Waals surface area contributed by atoms with Crippen molar-refractivity contribution in [2.75, 3.05) is 0 Å². The highest BCUT2D eigenvalue weighted by molar-refractivity contribution is 7.13. The van der Waals surface area contributed by atoms with Gasteiger partial charge >= 0.3 is 0 Å². The van der Waals surface area contributed by atoms with Gasteiger partial charge < -0.3 is 10.5 Å². The number of hydrazone groups is 1. The SMILES string of the molecule is N#Cc1c(-c2cccs2)cc(-c2ccccc2)nc1OC(/C(N)=N/NN)c1ccccc1. The highest BCUT2D eigenvalue weighted by atomic mass is 32.1. The Labute approximate surface area is 189 Å². The molecule has 4 rings (SSSR count). The van der Waals surface area contributed by atoms with Crippen LogP contribution < -0.4 is 21.8 Å². The topological polar surface area (TPSA) is 122 Å². The van der Waals surface area contributed by atoms with Crippen molar-refractivity contribution in [1.29, 1.82) is 5.26 Å². The summed E-state index contributed by atoms with van der Waals surface area (Å²) in [7, 11) is 0. The van der Waals surface area contributed by atoms with E-state index in [2.05, 4.69) is 21.7 Å². The van der Waals surface area contributed by atoms with Gasteiger partial charge in [-0.2, -0.15) is 5.26 Å².